The van der Waals surface area contributed by atoms with Crippen LogP contribution in [0.4, 0.5) is 4.39 Å². The highest BCUT2D eigenvalue weighted by Crippen LogP contribution is 2.16. The van der Waals surface area contributed by atoms with Gasteiger partial charge in [-0.3, -0.25) is 4.68 Å². The number of nitrogens with two attached hydrogens (primary N) is 1. The summed E-state index contributed by atoms with van der Waals surface area (Å²) in [5.41, 5.74) is 6.85. The minimum atomic E-state index is -0.229. The van der Waals surface area contributed by atoms with E-state index in [0.717, 1.165) is 10.2 Å². The molecule has 0 bridgehead atoms. The van der Waals surface area contributed by atoms with E-state index in [0.29, 0.717) is 18.7 Å². The fourth-order valence-electron chi connectivity index (χ4n) is 1.44. The van der Waals surface area contributed by atoms with E-state index in [2.05, 4.69) is 21.0 Å². The highest BCUT2D eigenvalue weighted by molar-refractivity contribution is 9.10. The van der Waals surface area contributed by atoms with E-state index < -0.39 is 0 Å². The van der Waals surface area contributed by atoms with Gasteiger partial charge in [0, 0.05) is 22.8 Å². The zero-order valence-electron chi connectivity index (χ0n) is 8.53. The van der Waals surface area contributed by atoms with Crippen molar-refractivity contribution in [2.75, 3.05) is 0 Å². The minimum Gasteiger partial charge on any atom is -0.325 e. The van der Waals surface area contributed by atoms with E-state index in [1.54, 1.807) is 23.0 Å². The number of hydrogen-bond donors (Lipinski definition) is 1. The van der Waals surface area contributed by atoms with Crippen molar-refractivity contribution in [3.63, 3.8) is 0 Å². The molecule has 2 aromatic rings. The number of nitrogens with zero attached hydrogens (tertiary/aromatic N) is 2. The molecule has 0 amide bonds. The minimum absolute atomic E-state index is 0.229. The molecule has 0 atom stereocenters. The first-order valence-corrected chi connectivity index (χ1v) is 5.64. The van der Waals surface area contributed by atoms with Crippen LogP contribution >= 0.6 is 15.9 Å². The topological polar surface area (TPSA) is 43.8 Å². The number of halogens is 2. The highest BCUT2D eigenvalue weighted by Gasteiger charge is 2.04. The lowest BCUT2D eigenvalue weighted by atomic mass is 10.2. The lowest BCUT2D eigenvalue weighted by molar-refractivity contribution is 0.582. The molecule has 0 aliphatic carbocycles. The first-order chi connectivity index (χ1) is 7.69. The Morgan fingerprint density at radius 1 is 1.38 bits per heavy atom. The molecule has 1 aromatic heterocycles. The average molecular weight is 284 g/mol. The Morgan fingerprint density at radius 2 is 2.19 bits per heavy atom. The first kappa shape index (κ1) is 11.3. The fourth-order valence-corrected chi connectivity index (χ4v) is 1.85. The second-order valence-corrected chi connectivity index (χ2v) is 4.36. The van der Waals surface area contributed by atoms with Gasteiger partial charge >= 0.3 is 0 Å². The molecular weight excluding hydrogens is 273 g/mol. The van der Waals surface area contributed by atoms with Gasteiger partial charge in [0.25, 0.3) is 0 Å². The van der Waals surface area contributed by atoms with Gasteiger partial charge in [-0.2, -0.15) is 5.10 Å². The maximum Gasteiger partial charge on any atom is 0.128 e. The van der Waals surface area contributed by atoms with Gasteiger partial charge < -0.3 is 5.73 Å². The van der Waals surface area contributed by atoms with Gasteiger partial charge in [-0.05, 0) is 24.3 Å². The van der Waals surface area contributed by atoms with E-state index in [-0.39, 0.29) is 5.82 Å². The van der Waals surface area contributed by atoms with Crippen LogP contribution < -0.4 is 5.73 Å². The van der Waals surface area contributed by atoms with E-state index >= 15 is 0 Å². The van der Waals surface area contributed by atoms with Gasteiger partial charge in [0.2, 0.25) is 0 Å². The molecule has 5 heteroatoms. The molecule has 0 fully saturated rings. The van der Waals surface area contributed by atoms with E-state index in [4.69, 9.17) is 5.73 Å². The molecule has 0 aliphatic rings. The maximum atomic E-state index is 13.5. The number of hydrogen-bond acceptors (Lipinski definition) is 2. The molecule has 0 radical (unpaired) electrons. The lowest BCUT2D eigenvalue weighted by Gasteiger charge is -2.04. The van der Waals surface area contributed by atoms with Crippen molar-refractivity contribution in [3.8, 4) is 0 Å². The van der Waals surface area contributed by atoms with Crippen molar-refractivity contribution in [2.45, 2.75) is 13.1 Å². The zero-order valence-corrected chi connectivity index (χ0v) is 10.1. The summed E-state index contributed by atoms with van der Waals surface area (Å²) >= 11 is 3.31. The van der Waals surface area contributed by atoms with Gasteiger partial charge in [0.15, 0.2) is 0 Å². The summed E-state index contributed by atoms with van der Waals surface area (Å²) in [6.07, 6.45) is 1.79. The zero-order chi connectivity index (χ0) is 11.5. The molecule has 1 aromatic carbocycles. The Kier molecular flexibility index (Phi) is 3.36. The molecule has 1 heterocycles. The van der Waals surface area contributed by atoms with Crippen molar-refractivity contribution in [1.29, 1.82) is 0 Å². The van der Waals surface area contributed by atoms with Crippen LogP contribution in [-0.4, -0.2) is 9.78 Å². The molecule has 0 unspecified atom stereocenters. The van der Waals surface area contributed by atoms with Crippen LogP contribution in [0.15, 0.2) is 34.9 Å². The summed E-state index contributed by atoms with van der Waals surface area (Å²) < 4.78 is 16.0. The molecule has 0 aliphatic heterocycles. The summed E-state index contributed by atoms with van der Waals surface area (Å²) in [6, 6.07) is 6.69. The fraction of sp³-hybridized carbons (Fsp3) is 0.182. The van der Waals surface area contributed by atoms with E-state index in [1.807, 2.05) is 6.07 Å². The molecule has 84 valence electrons. The normalized spacial score (nSPS) is 10.7. The van der Waals surface area contributed by atoms with E-state index in [9.17, 15) is 4.39 Å². The molecule has 0 saturated heterocycles. The number of rotatable bonds is 3. The smallest absolute Gasteiger partial charge is 0.128 e. The van der Waals surface area contributed by atoms with Crippen LogP contribution in [0.5, 0.6) is 0 Å². The van der Waals surface area contributed by atoms with Crippen LogP contribution in [0, 0.1) is 5.82 Å². The third-order valence-corrected chi connectivity index (χ3v) is 2.74. The number of aromatic nitrogens is 2. The molecular formula is C11H11BrFN3. The second kappa shape index (κ2) is 4.76. The van der Waals surface area contributed by atoms with Gasteiger partial charge in [0.05, 0.1) is 12.2 Å². The summed E-state index contributed by atoms with van der Waals surface area (Å²) in [5, 5.41) is 4.20. The van der Waals surface area contributed by atoms with Crippen molar-refractivity contribution < 1.29 is 4.39 Å². The predicted octanol–water partition coefficient (Wildman–Crippen LogP) is 2.29. The molecule has 3 nitrogen and oxygen atoms in total. The van der Waals surface area contributed by atoms with Gasteiger partial charge in [0.1, 0.15) is 5.82 Å². The Labute approximate surface area is 101 Å². The van der Waals surface area contributed by atoms with Crippen molar-refractivity contribution >= 4 is 15.9 Å². The largest absolute Gasteiger partial charge is 0.325 e. The standard InChI is InChI=1S/C11H11BrFN3/c12-9-1-2-11(13)8(5-9)7-16-4-3-10(6-14)15-16/h1-5H,6-7,14H2. The summed E-state index contributed by atoms with van der Waals surface area (Å²) in [5.74, 6) is -0.229. The number of benzene rings is 1. The van der Waals surface area contributed by atoms with Crippen LogP contribution in [0.1, 0.15) is 11.3 Å². The predicted molar refractivity (Wildman–Crippen MR) is 63.3 cm³/mol. The second-order valence-electron chi connectivity index (χ2n) is 3.44. The molecule has 2 rings (SSSR count). The molecule has 0 saturated carbocycles. The Morgan fingerprint density at radius 3 is 2.88 bits per heavy atom. The third kappa shape index (κ3) is 2.48. The lowest BCUT2D eigenvalue weighted by Crippen LogP contribution is -2.04. The highest BCUT2D eigenvalue weighted by atomic mass is 79.9. The van der Waals surface area contributed by atoms with Crippen LogP contribution in [-0.2, 0) is 13.1 Å². The van der Waals surface area contributed by atoms with Crippen LogP contribution in [0.2, 0.25) is 0 Å². The summed E-state index contributed by atoms with van der Waals surface area (Å²) in [6.45, 7) is 0.805. The van der Waals surface area contributed by atoms with Crippen molar-refractivity contribution in [1.82, 2.24) is 9.78 Å². The third-order valence-electron chi connectivity index (χ3n) is 2.25. The maximum absolute atomic E-state index is 13.5. The molecule has 0 spiro atoms. The summed E-state index contributed by atoms with van der Waals surface area (Å²) in [4.78, 5) is 0. The Bertz CT molecular complexity index is 496. The van der Waals surface area contributed by atoms with Crippen LogP contribution in [0.25, 0.3) is 0 Å². The SMILES string of the molecule is NCc1ccn(Cc2cc(Br)ccc2F)n1. The van der Waals surface area contributed by atoms with E-state index in [1.165, 1.54) is 6.07 Å². The Balaban J connectivity index is 2.22. The van der Waals surface area contributed by atoms with Gasteiger partial charge in [-0.25, -0.2) is 4.39 Å². The monoisotopic (exact) mass is 283 g/mol. The average Bonchev–Trinajstić information content (AvgIpc) is 2.71. The summed E-state index contributed by atoms with van der Waals surface area (Å²) in [7, 11) is 0. The van der Waals surface area contributed by atoms with Gasteiger partial charge in [-0.1, -0.05) is 15.9 Å². The molecule has 16 heavy (non-hydrogen) atoms. The van der Waals surface area contributed by atoms with Crippen LogP contribution in [0.3, 0.4) is 0 Å². The van der Waals surface area contributed by atoms with Crippen molar-refractivity contribution in [3.05, 3.63) is 52.0 Å². The molecule has 2 N–H and O–H groups in total. The quantitative estimate of drug-likeness (QED) is 0.939. The van der Waals surface area contributed by atoms with Crippen molar-refractivity contribution in [2.24, 2.45) is 5.73 Å². The Hall–Kier alpha value is -1.20. The first-order valence-electron chi connectivity index (χ1n) is 4.85. The van der Waals surface area contributed by atoms with Gasteiger partial charge in [-0.15, -0.1) is 0 Å².